The maximum Gasteiger partial charge on any atom is 0.260 e. The number of H-pyrrole nitrogens is 1. The molecule has 0 aliphatic rings. The number of halogens is 1. The Morgan fingerprint density at radius 1 is 1.24 bits per heavy atom. The molecule has 0 bridgehead atoms. The third-order valence-electron chi connectivity index (χ3n) is 3.89. The Bertz CT molecular complexity index is 809. The number of aryl methyl sites for hydroxylation is 1. The zero-order chi connectivity index (χ0) is 18.6. The highest BCUT2D eigenvalue weighted by molar-refractivity contribution is 5.94. The van der Waals surface area contributed by atoms with Crippen LogP contribution < -0.4 is 15.6 Å². The molecule has 1 amide bonds. The topological polar surface area (TPSA) is 71.2 Å². The normalized spacial score (nSPS) is 12.5. The molecule has 0 saturated heterocycles. The van der Waals surface area contributed by atoms with Crippen molar-refractivity contribution in [2.45, 2.75) is 33.7 Å². The number of rotatable bonds is 5. The molecule has 6 heteroatoms. The number of nitrogens with one attached hydrogen (secondary N) is 2. The maximum absolute atomic E-state index is 13.7. The van der Waals surface area contributed by atoms with Crippen LogP contribution in [0.3, 0.4) is 0 Å². The Balaban J connectivity index is 2.14. The van der Waals surface area contributed by atoms with Crippen molar-refractivity contribution in [1.82, 2.24) is 10.3 Å². The van der Waals surface area contributed by atoms with Gasteiger partial charge in [-0.15, -0.1) is 0 Å². The number of carbonyl (C=O) groups is 1. The van der Waals surface area contributed by atoms with Crippen LogP contribution in [0.15, 0.2) is 41.2 Å². The standard InChI is InChI=1S/C19H23FN2O3/c1-12-9-10-13(17(23)21-12)18(24)22-16(19(2,3)4)11-25-15-8-6-5-7-14(15)20/h5-10,16H,11H2,1-4H3,(H,21,23)(H,22,24)/t16-/m0/s1. The molecule has 5 nitrogen and oxygen atoms in total. The molecule has 134 valence electrons. The first kappa shape index (κ1) is 18.7. The van der Waals surface area contributed by atoms with Gasteiger partial charge in [0.05, 0.1) is 6.04 Å². The van der Waals surface area contributed by atoms with Crippen LogP contribution >= 0.6 is 0 Å². The fourth-order valence-electron chi connectivity index (χ4n) is 2.23. The highest BCUT2D eigenvalue weighted by Gasteiger charge is 2.28. The lowest BCUT2D eigenvalue weighted by Gasteiger charge is -2.31. The van der Waals surface area contributed by atoms with Crippen LogP contribution in [0.4, 0.5) is 4.39 Å². The van der Waals surface area contributed by atoms with Crippen LogP contribution in [0.5, 0.6) is 5.75 Å². The second kappa shape index (κ2) is 7.51. The Morgan fingerprint density at radius 2 is 1.92 bits per heavy atom. The summed E-state index contributed by atoms with van der Waals surface area (Å²) in [7, 11) is 0. The summed E-state index contributed by atoms with van der Waals surface area (Å²) in [5, 5.41) is 2.82. The van der Waals surface area contributed by atoms with Gasteiger partial charge in [0.2, 0.25) is 0 Å². The minimum absolute atomic E-state index is 0.0331. The van der Waals surface area contributed by atoms with E-state index in [9.17, 15) is 14.0 Å². The molecular formula is C19H23FN2O3. The van der Waals surface area contributed by atoms with Crippen molar-refractivity contribution in [3.05, 3.63) is 63.8 Å². The van der Waals surface area contributed by atoms with Gasteiger partial charge in [-0.3, -0.25) is 9.59 Å². The third-order valence-corrected chi connectivity index (χ3v) is 3.89. The molecule has 1 aromatic heterocycles. The number of ether oxygens (including phenoxy) is 1. The van der Waals surface area contributed by atoms with Gasteiger partial charge in [-0.1, -0.05) is 32.9 Å². The predicted octanol–water partition coefficient (Wildman–Crippen LogP) is 3.05. The number of hydrogen-bond acceptors (Lipinski definition) is 3. The van der Waals surface area contributed by atoms with Crippen LogP contribution in [-0.2, 0) is 0 Å². The van der Waals surface area contributed by atoms with E-state index in [4.69, 9.17) is 4.74 Å². The summed E-state index contributed by atoms with van der Waals surface area (Å²) >= 11 is 0. The van der Waals surface area contributed by atoms with E-state index in [1.807, 2.05) is 20.8 Å². The van der Waals surface area contributed by atoms with Gasteiger partial charge >= 0.3 is 0 Å². The molecule has 0 spiro atoms. The van der Waals surface area contributed by atoms with Crippen molar-refractivity contribution >= 4 is 5.91 Å². The summed E-state index contributed by atoms with van der Waals surface area (Å²) in [4.78, 5) is 27.0. The summed E-state index contributed by atoms with van der Waals surface area (Å²) in [6, 6.07) is 8.83. The van der Waals surface area contributed by atoms with Crippen molar-refractivity contribution in [2.75, 3.05) is 6.61 Å². The van der Waals surface area contributed by atoms with Crippen LogP contribution in [0.25, 0.3) is 0 Å². The summed E-state index contributed by atoms with van der Waals surface area (Å²) in [6.45, 7) is 7.62. The molecule has 25 heavy (non-hydrogen) atoms. The van der Waals surface area contributed by atoms with Crippen LogP contribution in [0.1, 0.15) is 36.8 Å². The predicted molar refractivity (Wildman–Crippen MR) is 94.4 cm³/mol. The Morgan fingerprint density at radius 3 is 2.52 bits per heavy atom. The highest BCUT2D eigenvalue weighted by atomic mass is 19.1. The number of hydrogen-bond donors (Lipinski definition) is 2. The number of pyridine rings is 1. The number of aromatic nitrogens is 1. The fourth-order valence-corrected chi connectivity index (χ4v) is 2.23. The third kappa shape index (κ3) is 4.92. The quantitative estimate of drug-likeness (QED) is 0.874. The molecular weight excluding hydrogens is 323 g/mol. The van der Waals surface area contributed by atoms with Gasteiger partial charge in [0.25, 0.3) is 11.5 Å². The summed E-state index contributed by atoms with van der Waals surface area (Å²) in [6.07, 6.45) is 0. The molecule has 0 fully saturated rings. The van der Waals surface area contributed by atoms with E-state index < -0.39 is 23.3 Å². The lowest BCUT2D eigenvalue weighted by atomic mass is 9.87. The second-order valence-electron chi connectivity index (χ2n) is 7.02. The minimum Gasteiger partial charge on any atom is -0.488 e. The van der Waals surface area contributed by atoms with Gasteiger partial charge in [0.15, 0.2) is 11.6 Å². The molecule has 2 rings (SSSR count). The number of aromatic amines is 1. The van der Waals surface area contributed by atoms with E-state index in [1.165, 1.54) is 18.2 Å². The molecule has 0 aliphatic carbocycles. The monoisotopic (exact) mass is 346 g/mol. The molecule has 0 radical (unpaired) electrons. The molecule has 0 unspecified atom stereocenters. The lowest BCUT2D eigenvalue weighted by Crippen LogP contribution is -2.48. The number of carbonyl (C=O) groups excluding carboxylic acids is 1. The lowest BCUT2D eigenvalue weighted by molar-refractivity contribution is 0.0858. The molecule has 1 atom stereocenters. The average Bonchev–Trinajstić information content (AvgIpc) is 2.51. The van der Waals surface area contributed by atoms with E-state index >= 15 is 0 Å². The van der Waals surface area contributed by atoms with E-state index in [0.29, 0.717) is 5.69 Å². The first-order valence-corrected chi connectivity index (χ1v) is 8.06. The number of para-hydroxylation sites is 1. The molecule has 2 aromatic rings. The molecule has 0 saturated carbocycles. The Labute approximate surface area is 146 Å². The van der Waals surface area contributed by atoms with Gasteiger partial charge in [-0.2, -0.15) is 0 Å². The average molecular weight is 346 g/mol. The fraction of sp³-hybridized carbons (Fsp3) is 0.368. The zero-order valence-electron chi connectivity index (χ0n) is 14.9. The van der Waals surface area contributed by atoms with Crippen LogP contribution in [-0.4, -0.2) is 23.5 Å². The highest BCUT2D eigenvalue weighted by Crippen LogP contribution is 2.22. The number of amides is 1. The minimum atomic E-state index is -0.488. The molecule has 1 heterocycles. The van der Waals surface area contributed by atoms with Crippen molar-refractivity contribution in [2.24, 2.45) is 5.41 Å². The smallest absolute Gasteiger partial charge is 0.260 e. The van der Waals surface area contributed by atoms with E-state index in [0.717, 1.165) is 0 Å². The van der Waals surface area contributed by atoms with Gasteiger partial charge < -0.3 is 15.0 Å². The van der Waals surface area contributed by atoms with E-state index in [1.54, 1.807) is 25.1 Å². The molecule has 2 N–H and O–H groups in total. The van der Waals surface area contributed by atoms with Crippen molar-refractivity contribution in [3.8, 4) is 5.75 Å². The largest absolute Gasteiger partial charge is 0.488 e. The zero-order valence-corrected chi connectivity index (χ0v) is 14.9. The molecule has 1 aromatic carbocycles. The SMILES string of the molecule is Cc1ccc(C(=O)N[C@@H](COc2ccccc2F)C(C)(C)C)c(=O)[nH]1. The first-order valence-electron chi connectivity index (χ1n) is 8.06. The Hall–Kier alpha value is -2.63. The summed E-state index contributed by atoms with van der Waals surface area (Å²) < 4.78 is 19.2. The van der Waals surface area contributed by atoms with Crippen molar-refractivity contribution < 1.29 is 13.9 Å². The number of benzene rings is 1. The first-order chi connectivity index (χ1) is 11.7. The Kier molecular flexibility index (Phi) is 5.62. The summed E-state index contributed by atoms with van der Waals surface area (Å²) in [5.74, 6) is -0.825. The van der Waals surface area contributed by atoms with Crippen LogP contribution in [0.2, 0.25) is 0 Å². The van der Waals surface area contributed by atoms with E-state index in [2.05, 4.69) is 10.3 Å². The van der Waals surface area contributed by atoms with Crippen molar-refractivity contribution in [1.29, 1.82) is 0 Å². The van der Waals surface area contributed by atoms with Gasteiger partial charge in [0.1, 0.15) is 12.2 Å². The molecule has 0 aliphatic heterocycles. The van der Waals surface area contributed by atoms with Gasteiger partial charge in [-0.05, 0) is 36.6 Å². The second-order valence-corrected chi connectivity index (χ2v) is 7.02. The van der Waals surface area contributed by atoms with Gasteiger partial charge in [0, 0.05) is 5.69 Å². The van der Waals surface area contributed by atoms with Gasteiger partial charge in [-0.25, -0.2) is 4.39 Å². The summed E-state index contributed by atoms with van der Waals surface area (Å²) in [5.41, 5.74) is -0.0824. The van der Waals surface area contributed by atoms with Crippen LogP contribution in [0, 0.1) is 18.2 Å². The van der Waals surface area contributed by atoms with E-state index in [-0.39, 0.29) is 23.3 Å². The van der Waals surface area contributed by atoms with Crippen molar-refractivity contribution in [3.63, 3.8) is 0 Å². The maximum atomic E-state index is 13.7.